The summed E-state index contributed by atoms with van der Waals surface area (Å²) in [6.07, 6.45) is -5.00. The normalized spacial score (nSPS) is 11.2. The number of alkyl halides is 4. The lowest BCUT2D eigenvalue weighted by Gasteiger charge is -2.15. The van der Waals surface area contributed by atoms with Crippen LogP contribution in [0.15, 0.2) is 6.20 Å². The monoisotopic (exact) mass is 297 g/mol. The van der Waals surface area contributed by atoms with Crippen LogP contribution < -0.4 is 4.74 Å². The number of ether oxygens (including phenoxy) is 2. The molecule has 1 N–H and O–H groups in total. The lowest BCUT2D eigenvalue weighted by atomic mass is 10.1. The molecule has 0 aromatic carbocycles. The number of rotatable bonds is 5. The minimum absolute atomic E-state index is 0.0301. The zero-order chi connectivity index (χ0) is 15.3. The summed E-state index contributed by atoms with van der Waals surface area (Å²) in [5.41, 5.74) is -1.19. The molecule has 0 saturated carbocycles. The van der Waals surface area contributed by atoms with Gasteiger partial charge in [0.1, 0.15) is 12.4 Å². The average molecular weight is 297 g/mol. The highest BCUT2D eigenvalue weighted by molar-refractivity contribution is 5.73. The first-order valence-electron chi connectivity index (χ1n) is 5.45. The van der Waals surface area contributed by atoms with Crippen molar-refractivity contribution in [2.24, 2.45) is 0 Å². The summed E-state index contributed by atoms with van der Waals surface area (Å²) in [5.74, 6) is -2.66. The van der Waals surface area contributed by atoms with Crippen molar-refractivity contribution in [3.8, 4) is 11.5 Å². The molecule has 0 amide bonds. The highest BCUT2D eigenvalue weighted by Crippen LogP contribution is 2.35. The molecule has 9 heteroatoms. The van der Waals surface area contributed by atoms with E-state index in [2.05, 4.69) is 14.5 Å². The molecule has 5 nitrogen and oxygen atoms in total. The van der Waals surface area contributed by atoms with Crippen molar-refractivity contribution in [2.45, 2.75) is 26.4 Å². The Morgan fingerprint density at radius 2 is 2.10 bits per heavy atom. The minimum Gasteiger partial charge on any atom is -0.506 e. The summed E-state index contributed by atoms with van der Waals surface area (Å²) < 4.78 is 57.8. The van der Waals surface area contributed by atoms with Crippen molar-refractivity contribution in [3.05, 3.63) is 17.5 Å². The Morgan fingerprint density at radius 3 is 2.60 bits per heavy atom. The summed E-state index contributed by atoms with van der Waals surface area (Å²) in [7, 11) is 0. The molecule has 1 heterocycles. The molecule has 20 heavy (non-hydrogen) atoms. The van der Waals surface area contributed by atoms with E-state index in [0.29, 0.717) is 0 Å². The summed E-state index contributed by atoms with van der Waals surface area (Å²) in [6.45, 7) is 0.139. The van der Waals surface area contributed by atoms with Gasteiger partial charge in [-0.3, -0.25) is 9.78 Å². The number of aromatic hydroxyl groups is 1. The first-order chi connectivity index (χ1) is 9.28. The molecular formula is C11H11F4NO4. The van der Waals surface area contributed by atoms with Crippen LogP contribution in [-0.4, -0.2) is 29.0 Å². The zero-order valence-electron chi connectivity index (χ0n) is 10.3. The van der Waals surface area contributed by atoms with Gasteiger partial charge in [-0.1, -0.05) is 0 Å². The van der Waals surface area contributed by atoms with Crippen molar-refractivity contribution in [1.82, 2.24) is 4.98 Å². The van der Waals surface area contributed by atoms with E-state index in [4.69, 9.17) is 0 Å². The molecule has 0 aliphatic heterocycles. The van der Waals surface area contributed by atoms with Crippen molar-refractivity contribution < 1.29 is 36.9 Å². The standard InChI is InChI=1S/C11H11F4NO4/c1-2-19-9(18)3-7-10(20-11(13,14)15)6(4-12)8(17)5-16-7/h5,17H,2-4H2,1H3. The van der Waals surface area contributed by atoms with Gasteiger partial charge in [0.15, 0.2) is 5.75 Å². The largest absolute Gasteiger partial charge is 0.573 e. The van der Waals surface area contributed by atoms with E-state index in [-0.39, 0.29) is 6.61 Å². The SMILES string of the molecule is CCOC(=O)Cc1ncc(O)c(CF)c1OC(F)(F)F. The highest BCUT2D eigenvalue weighted by Gasteiger charge is 2.34. The van der Waals surface area contributed by atoms with E-state index < -0.39 is 48.2 Å². The fourth-order valence-electron chi connectivity index (χ4n) is 1.41. The van der Waals surface area contributed by atoms with Crippen LogP contribution in [0.2, 0.25) is 0 Å². The van der Waals surface area contributed by atoms with Crippen molar-refractivity contribution in [2.75, 3.05) is 6.61 Å². The van der Waals surface area contributed by atoms with Crippen LogP contribution >= 0.6 is 0 Å². The predicted molar refractivity (Wildman–Crippen MR) is 57.7 cm³/mol. The van der Waals surface area contributed by atoms with E-state index in [1.165, 1.54) is 6.92 Å². The number of aromatic nitrogens is 1. The number of nitrogens with zero attached hydrogens (tertiary/aromatic N) is 1. The van der Waals surface area contributed by atoms with Gasteiger partial charge in [0.25, 0.3) is 0 Å². The number of pyridine rings is 1. The van der Waals surface area contributed by atoms with Gasteiger partial charge in [-0.15, -0.1) is 13.2 Å². The Kier molecular flexibility index (Phi) is 5.12. The average Bonchev–Trinajstić information content (AvgIpc) is 2.31. The predicted octanol–water partition coefficient (Wildman–Crippen LogP) is 2.26. The fourth-order valence-corrected chi connectivity index (χ4v) is 1.41. The summed E-state index contributed by atoms with van der Waals surface area (Å²) in [6, 6.07) is 0. The summed E-state index contributed by atoms with van der Waals surface area (Å²) in [5, 5.41) is 9.28. The maximum atomic E-state index is 12.7. The van der Waals surface area contributed by atoms with Crippen LogP contribution in [0.25, 0.3) is 0 Å². The van der Waals surface area contributed by atoms with Crippen LogP contribution in [0.3, 0.4) is 0 Å². The Hall–Kier alpha value is -2.06. The summed E-state index contributed by atoms with van der Waals surface area (Å²) in [4.78, 5) is 14.7. The fraction of sp³-hybridized carbons (Fsp3) is 0.455. The molecule has 0 unspecified atom stereocenters. The minimum atomic E-state index is -5.11. The van der Waals surface area contributed by atoms with Crippen LogP contribution in [0.1, 0.15) is 18.2 Å². The zero-order valence-corrected chi connectivity index (χ0v) is 10.3. The molecule has 0 fully saturated rings. The number of hydrogen-bond donors (Lipinski definition) is 1. The van der Waals surface area contributed by atoms with Gasteiger partial charge in [-0.25, -0.2) is 4.39 Å². The lowest BCUT2D eigenvalue weighted by molar-refractivity contribution is -0.275. The number of esters is 1. The van der Waals surface area contributed by atoms with E-state index in [0.717, 1.165) is 6.20 Å². The second kappa shape index (κ2) is 6.40. The van der Waals surface area contributed by atoms with E-state index in [1.807, 2.05) is 0 Å². The van der Waals surface area contributed by atoms with Crippen molar-refractivity contribution in [3.63, 3.8) is 0 Å². The molecule has 1 aromatic heterocycles. The molecular weight excluding hydrogens is 286 g/mol. The molecule has 0 aliphatic rings. The second-order valence-electron chi connectivity index (χ2n) is 3.56. The smallest absolute Gasteiger partial charge is 0.506 e. The van der Waals surface area contributed by atoms with Gasteiger partial charge in [-0.2, -0.15) is 0 Å². The maximum Gasteiger partial charge on any atom is 0.573 e. The molecule has 1 aromatic rings. The number of carbonyl (C=O) groups is 1. The topological polar surface area (TPSA) is 68.7 Å². The molecule has 0 aliphatic carbocycles. The first-order valence-corrected chi connectivity index (χ1v) is 5.45. The van der Waals surface area contributed by atoms with E-state index in [9.17, 15) is 27.5 Å². The summed E-state index contributed by atoms with van der Waals surface area (Å²) >= 11 is 0. The van der Waals surface area contributed by atoms with Crippen LogP contribution in [-0.2, 0) is 22.6 Å². The molecule has 0 bridgehead atoms. The Morgan fingerprint density at radius 1 is 1.45 bits per heavy atom. The van der Waals surface area contributed by atoms with Crippen molar-refractivity contribution >= 4 is 5.97 Å². The Balaban J connectivity index is 3.18. The maximum absolute atomic E-state index is 12.7. The number of carbonyl (C=O) groups excluding carboxylic acids is 1. The number of hydrogen-bond acceptors (Lipinski definition) is 5. The molecule has 0 atom stereocenters. The van der Waals surface area contributed by atoms with Gasteiger partial charge in [0.05, 0.1) is 30.5 Å². The molecule has 0 radical (unpaired) electrons. The van der Waals surface area contributed by atoms with Crippen LogP contribution in [0.5, 0.6) is 11.5 Å². The Bertz CT molecular complexity index is 490. The second-order valence-corrected chi connectivity index (χ2v) is 3.56. The van der Waals surface area contributed by atoms with Crippen LogP contribution in [0, 0.1) is 0 Å². The van der Waals surface area contributed by atoms with Gasteiger partial charge in [0, 0.05) is 0 Å². The van der Waals surface area contributed by atoms with Crippen LogP contribution in [0.4, 0.5) is 17.6 Å². The van der Waals surface area contributed by atoms with Gasteiger partial charge < -0.3 is 14.6 Å². The number of halogens is 4. The first kappa shape index (κ1) is 16.0. The molecule has 0 saturated heterocycles. The Labute approximate surface area is 111 Å². The molecule has 1 rings (SSSR count). The molecule has 112 valence electrons. The third kappa shape index (κ3) is 4.25. The quantitative estimate of drug-likeness (QED) is 0.667. The van der Waals surface area contributed by atoms with Gasteiger partial charge in [0.2, 0.25) is 0 Å². The highest BCUT2D eigenvalue weighted by atomic mass is 19.4. The lowest BCUT2D eigenvalue weighted by Crippen LogP contribution is -2.21. The van der Waals surface area contributed by atoms with Gasteiger partial charge in [-0.05, 0) is 6.92 Å². The van der Waals surface area contributed by atoms with Gasteiger partial charge >= 0.3 is 12.3 Å². The van der Waals surface area contributed by atoms with E-state index >= 15 is 0 Å². The third-order valence-corrected chi connectivity index (χ3v) is 2.16. The molecule has 0 spiro atoms. The third-order valence-electron chi connectivity index (χ3n) is 2.16. The van der Waals surface area contributed by atoms with E-state index in [1.54, 1.807) is 0 Å². The van der Waals surface area contributed by atoms with Crippen molar-refractivity contribution in [1.29, 1.82) is 0 Å².